The van der Waals surface area contributed by atoms with Gasteiger partial charge >= 0.3 is 39.5 Å². The molecule has 0 amide bonds. The molecule has 4 unspecified atom stereocenters. The second kappa shape index (κ2) is 55.6. The topological polar surface area (TPSA) is 237 Å². The highest BCUT2D eigenvalue weighted by molar-refractivity contribution is 7.47. The molecule has 0 bridgehead atoms. The smallest absolute Gasteiger partial charge is 0.462 e. The van der Waals surface area contributed by atoms with E-state index in [0.717, 1.165) is 115 Å². The van der Waals surface area contributed by atoms with Gasteiger partial charge in [0.2, 0.25) is 0 Å². The number of rotatable bonds is 62. The fourth-order valence-corrected chi connectivity index (χ4v) is 10.9. The quantitative estimate of drug-likeness (QED) is 0.0222. The molecular weight excluding hydrogens is 1090 g/mol. The molecule has 0 aliphatic carbocycles. The van der Waals surface area contributed by atoms with Crippen LogP contribution in [0.4, 0.5) is 0 Å². The number of hydrogen-bond acceptors (Lipinski definition) is 15. The molecule has 486 valence electrons. The van der Waals surface area contributed by atoms with Crippen molar-refractivity contribution >= 4 is 39.5 Å². The number of aliphatic hydroxyl groups is 1. The van der Waals surface area contributed by atoms with Crippen molar-refractivity contribution in [3.05, 3.63) is 0 Å². The van der Waals surface area contributed by atoms with Gasteiger partial charge in [-0.3, -0.25) is 37.3 Å². The molecule has 0 aromatic carbocycles. The summed E-state index contributed by atoms with van der Waals surface area (Å²) < 4.78 is 67.9. The van der Waals surface area contributed by atoms with Crippen LogP contribution in [0.5, 0.6) is 0 Å². The molecule has 0 heterocycles. The summed E-state index contributed by atoms with van der Waals surface area (Å²) in [6.45, 7) is 9.44. The van der Waals surface area contributed by atoms with Crippen molar-refractivity contribution in [2.24, 2.45) is 11.8 Å². The van der Waals surface area contributed by atoms with Crippen molar-refractivity contribution in [2.45, 2.75) is 330 Å². The van der Waals surface area contributed by atoms with Gasteiger partial charge in [-0.25, -0.2) is 9.13 Å². The van der Waals surface area contributed by atoms with E-state index in [0.29, 0.717) is 25.7 Å². The molecule has 0 aliphatic heterocycles. The highest BCUT2D eigenvalue weighted by atomic mass is 31.2. The average molecular weight is 1210 g/mol. The molecule has 3 N–H and O–H groups in total. The fourth-order valence-electron chi connectivity index (χ4n) is 9.29. The summed E-state index contributed by atoms with van der Waals surface area (Å²) in [6, 6.07) is 0. The minimum Gasteiger partial charge on any atom is -0.462 e. The molecule has 0 fully saturated rings. The van der Waals surface area contributed by atoms with E-state index in [4.69, 9.17) is 37.0 Å². The third kappa shape index (κ3) is 54.7. The van der Waals surface area contributed by atoms with E-state index in [2.05, 4.69) is 41.5 Å². The Kier molecular flexibility index (Phi) is 54.3. The summed E-state index contributed by atoms with van der Waals surface area (Å²) in [7, 11) is -9.88. The highest BCUT2D eigenvalue weighted by Gasteiger charge is 2.30. The maximum atomic E-state index is 13.0. The Morgan fingerprint density at radius 3 is 0.866 bits per heavy atom. The van der Waals surface area contributed by atoms with E-state index in [1.807, 2.05) is 0 Å². The first-order valence-electron chi connectivity index (χ1n) is 33.1. The lowest BCUT2D eigenvalue weighted by Gasteiger charge is -2.21. The predicted octanol–water partition coefficient (Wildman–Crippen LogP) is 17.3. The second-order valence-electron chi connectivity index (χ2n) is 23.3. The van der Waals surface area contributed by atoms with E-state index in [1.165, 1.54) is 116 Å². The zero-order valence-corrected chi connectivity index (χ0v) is 54.6. The molecule has 7 atom stereocenters. The maximum Gasteiger partial charge on any atom is 0.472 e. The Labute approximate surface area is 498 Å². The lowest BCUT2D eigenvalue weighted by Crippen LogP contribution is -2.30. The number of phosphoric ester groups is 2. The normalized spacial score (nSPS) is 15.0. The van der Waals surface area contributed by atoms with Crippen LogP contribution in [0.1, 0.15) is 311 Å². The summed E-state index contributed by atoms with van der Waals surface area (Å²) in [5.74, 6) is -0.604. The predicted molar refractivity (Wildman–Crippen MR) is 326 cm³/mol. The van der Waals surface area contributed by atoms with E-state index in [-0.39, 0.29) is 25.7 Å². The van der Waals surface area contributed by atoms with Crippen LogP contribution >= 0.6 is 15.6 Å². The summed E-state index contributed by atoms with van der Waals surface area (Å²) in [6.07, 6.45) is 37.5. The third-order valence-electron chi connectivity index (χ3n) is 15.2. The van der Waals surface area contributed by atoms with Gasteiger partial charge in [0.25, 0.3) is 0 Å². The number of esters is 4. The molecule has 0 spiro atoms. The van der Waals surface area contributed by atoms with E-state index in [9.17, 15) is 43.2 Å². The molecule has 82 heavy (non-hydrogen) atoms. The molecule has 0 aromatic rings. The lowest BCUT2D eigenvalue weighted by molar-refractivity contribution is -0.161. The summed E-state index contributed by atoms with van der Waals surface area (Å²) in [4.78, 5) is 72.1. The summed E-state index contributed by atoms with van der Waals surface area (Å²) in [5.41, 5.74) is 0. The first-order valence-corrected chi connectivity index (χ1v) is 36.1. The van der Waals surface area contributed by atoms with Crippen LogP contribution in [0, 0.1) is 11.8 Å². The molecular formula is C63H122O17P2. The minimum atomic E-state index is -4.94. The summed E-state index contributed by atoms with van der Waals surface area (Å²) >= 11 is 0. The Balaban J connectivity index is 5.23. The first-order chi connectivity index (χ1) is 39.4. The van der Waals surface area contributed by atoms with Crippen LogP contribution in [-0.2, 0) is 65.4 Å². The molecule has 0 aliphatic rings. The van der Waals surface area contributed by atoms with Crippen molar-refractivity contribution in [3.8, 4) is 0 Å². The SMILES string of the molecule is CCCCCCCCCCCCC(=O)O[C@H](COC(=O)CCCCCCCCCC)COP(=O)(O)OC[C@H](O)COP(=O)(O)OC[C@@H](COC(=O)CCCCCCCCC(C)CC)OC(=O)CCCCCCCCCCCCC(C)CC. The highest BCUT2D eigenvalue weighted by Crippen LogP contribution is 2.45. The van der Waals surface area contributed by atoms with Gasteiger partial charge in [-0.2, -0.15) is 0 Å². The van der Waals surface area contributed by atoms with Gasteiger partial charge in [0.1, 0.15) is 19.3 Å². The third-order valence-corrected chi connectivity index (χ3v) is 17.1. The molecule has 17 nitrogen and oxygen atoms in total. The largest absolute Gasteiger partial charge is 0.472 e. The Hall–Kier alpha value is -1.94. The van der Waals surface area contributed by atoms with Crippen LogP contribution in [0.15, 0.2) is 0 Å². The van der Waals surface area contributed by atoms with Crippen LogP contribution < -0.4 is 0 Å². The van der Waals surface area contributed by atoms with Gasteiger partial charge in [-0.05, 0) is 37.5 Å². The van der Waals surface area contributed by atoms with Crippen molar-refractivity contribution < 1.29 is 80.2 Å². The molecule has 0 saturated carbocycles. The second-order valence-corrected chi connectivity index (χ2v) is 26.2. The van der Waals surface area contributed by atoms with Crippen molar-refractivity contribution in [1.82, 2.24) is 0 Å². The van der Waals surface area contributed by atoms with Crippen molar-refractivity contribution in [3.63, 3.8) is 0 Å². The van der Waals surface area contributed by atoms with Crippen molar-refractivity contribution in [2.75, 3.05) is 39.6 Å². The number of carbonyl (C=O) groups is 4. The number of unbranched alkanes of at least 4 members (excludes halogenated alkanes) is 30. The standard InChI is InChI=1S/C63H122O17P2/c1-7-11-13-15-17-19-23-27-35-41-47-62(67)79-58(51-73-60(65)45-39-33-26-18-16-14-12-8-2)53-77-81(69,70)75-49-57(64)50-76-82(71,72)78-54-59(52-74-61(66)46-40-34-30-29-32-38-44-56(6)10-4)80-63(68)48-42-36-28-24-21-20-22-25-31-37-43-55(5)9-3/h55-59,64H,7-54H2,1-6H3,(H,69,70)(H,71,72)/t55?,56?,57-,58+,59+/m0/s1. The fraction of sp³-hybridized carbons (Fsp3) is 0.937. The van der Waals surface area contributed by atoms with Gasteiger partial charge in [0.15, 0.2) is 12.2 Å². The lowest BCUT2D eigenvalue weighted by atomic mass is 9.99. The van der Waals surface area contributed by atoms with Gasteiger partial charge in [0, 0.05) is 25.7 Å². The van der Waals surface area contributed by atoms with E-state index in [1.54, 1.807) is 0 Å². The van der Waals surface area contributed by atoms with Crippen LogP contribution in [0.2, 0.25) is 0 Å². The monoisotopic (exact) mass is 1210 g/mol. The van der Waals surface area contributed by atoms with Crippen molar-refractivity contribution in [1.29, 1.82) is 0 Å². The Morgan fingerprint density at radius 1 is 0.341 bits per heavy atom. The van der Waals surface area contributed by atoms with E-state index >= 15 is 0 Å². The molecule has 0 saturated heterocycles. The molecule has 0 rings (SSSR count). The van der Waals surface area contributed by atoms with Gasteiger partial charge in [-0.1, -0.05) is 260 Å². The molecule has 0 aromatic heterocycles. The first kappa shape index (κ1) is 80.1. The van der Waals surface area contributed by atoms with Gasteiger partial charge < -0.3 is 33.8 Å². The number of aliphatic hydroxyl groups excluding tert-OH is 1. The van der Waals surface area contributed by atoms with Crippen LogP contribution in [0.3, 0.4) is 0 Å². The number of phosphoric acid groups is 2. The minimum absolute atomic E-state index is 0.105. The van der Waals surface area contributed by atoms with Gasteiger partial charge in [-0.15, -0.1) is 0 Å². The van der Waals surface area contributed by atoms with Crippen LogP contribution in [0.25, 0.3) is 0 Å². The number of carbonyl (C=O) groups excluding carboxylic acids is 4. The number of ether oxygens (including phenoxy) is 4. The van der Waals surface area contributed by atoms with Gasteiger partial charge in [0.05, 0.1) is 26.4 Å². The zero-order valence-electron chi connectivity index (χ0n) is 52.8. The zero-order chi connectivity index (χ0) is 60.8. The average Bonchev–Trinajstić information content (AvgIpc) is 3.46. The molecule has 0 radical (unpaired) electrons. The maximum absolute atomic E-state index is 13.0. The van der Waals surface area contributed by atoms with Crippen LogP contribution in [-0.4, -0.2) is 96.7 Å². The Morgan fingerprint density at radius 2 is 0.585 bits per heavy atom. The Bertz CT molecular complexity index is 1620. The molecule has 19 heteroatoms. The number of hydrogen-bond donors (Lipinski definition) is 3. The van der Waals surface area contributed by atoms with E-state index < -0.39 is 97.5 Å². The summed E-state index contributed by atoms with van der Waals surface area (Å²) in [5, 5.41) is 10.5.